The molecule has 1 heterocycles. The van der Waals surface area contributed by atoms with Gasteiger partial charge in [-0.25, -0.2) is 13.2 Å². The summed E-state index contributed by atoms with van der Waals surface area (Å²) in [5.74, 6) is 0.0945. The van der Waals surface area contributed by atoms with Crippen LogP contribution >= 0.6 is 0 Å². The lowest BCUT2D eigenvalue weighted by Gasteiger charge is -2.25. The largest absolute Gasteiger partial charge is 0.456 e. The number of aryl methyl sites for hydroxylation is 1. The molecule has 33 heavy (non-hydrogen) atoms. The number of nitrogens with zero attached hydrogens (tertiary/aromatic N) is 1. The van der Waals surface area contributed by atoms with Gasteiger partial charge >= 0.3 is 6.03 Å². The molecule has 0 spiro atoms. The lowest BCUT2D eigenvalue weighted by molar-refractivity contribution is -0.120. The van der Waals surface area contributed by atoms with Crippen LogP contribution in [0.1, 0.15) is 11.1 Å². The molecule has 0 aromatic heterocycles. The van der Waals surface area contributed by atoms with E-state index in [-0.39, 0.29) is 23.7 Å². The molecule has 9 heteroatoms. The molecule has 3 aromatic rings. The molecule has 1 atom stereocenters. The van der Waals surface area contributed by atoms with Gasteiger partial charge in [0, 0.05) is 13.1 Å². The van der Waals surface area contributed by atoms with E-state index in [2.05, 4.69) is 10.6 Å². The Morgan fingerprint density at radius 1 is 0.909 bits per heavy atom. The van der Waals surface area contributed by atoms with Crippen LogP contribution in [-0.2, 0) is 21.4 Å². The van der Waals surface area contributed by atoms with E-state index in [1.165, 1.54) is 10.4 Å². The van der Waals surface area contributed by atoms with Crippen molar-refractivity contribution >= 4 is 22.0 Å². The quantitative estimate of drug-likeness (QED) is 0.497. The van der Waals surface area contributed by atoms with Crippen molar-refractivity contribution in [2.24, 2.45) is 0 Å². The van der Waals surface area contributed by atoms with Crippen molar-refractivity contribution in [2.75, 3.05) is 6.54 Å². The lowest BCUT2D eigenvalue weighted by Crippen LogP contribution is -2.44. The van der Waals surface area contributed by atoms with Crippen LogP contribution in [0, 0.1) is 6.92 Å². The summed E-state index contributed by atoms with van der Waals surface area (Å²) in [7, 11) is -4.11. The number of para-hydroxylation sites is 1. The van der Waals surface area contributed by atoms with E-state index in [1.807, 2.05) is 25.1 Å². The maximum absolute atomic E-state index is 13.8. The molecule has 1 fully saturated rings. The van der Waals surface area contributed by atoms with Crippen LogP contribution in [0.25, 0.3) is 0 Å². The molecule has 0 saturated carbocycles. The first-order valence-electron chi connectivity index (χ1n) is 10.3. The number of imide groups is 1. The van der Waals surface area contributed by atoms with Crippen molar-refractivity contribution in [3.05, 3.63) is 90.0 Å². The summed E-state index contributed by atoms with van der Waals surface area (Å²) in [6.45, 7) is 1.73. The number of carbonyl (C=O) groups excluding carboxylic acids is 2. The number of urea groups is 1. The third kappa shape index (κ3) is 5.21. The molecule has 2 N–H and O–H groups in total. The minimum Gasteiger partial charge on any atom is -0.456 e. The van der Waals surface area contributed by atoms with Crippen LogP contribution in [0.15, 0.2) is 83.8 Å². The van der Waals surface area contributed by atoms with Crippen LogP contribution in [-0.4, -0.2) is 37.2 Å². The van der Waals surface area contributed by atoms with Gasteiger partial charge in [0.25, 0.3) is 5.91 Å². The van der Waals surface area contributed by atoms with Gasteiger partial charge in [-0.1, -0.05) is 60.2 Å². The van der Waals surface area contributed by atoms with Gasteiger partial charge in [0.05, 0.1) is 0 Å². The fourth-order valence-electron chi connectivity index (χ4n) is 3.45. The number of ether oxygens (including phenoxy) is 1. The van der Waals surface area contributed by atoms with Crippen LogP contribution in [0.2, 0.25) is 0 Å². The first kappa shape index (κ1) is 22.5. The first-order valence-corrected chi connectivity index (χ1v) is 11.8. The fraction of sp³-hybridized carbons (Fsp3) is 0.167. The van der Waals surface area contributed by atoms with Gasteiger partial charge in [-0.2, -0.15) is 4.31 Å². The molecule has 1 saturated heterocycles. The van der Waals surface area contributed by atoms with E-state index in [9.17, 15) is 18.0 Å². The summed E-state index contributed by atoms with van der Waals surface area (Å²) in [5, 5.41) is 4.61. The molecular formula is C24H23N3O5S. The summed E-state index contributed by atoms with van der Waals surface area (Å²) in [5.41, 5.74) is 1.79. The minimum absolute atomic E-state index is 0.0156. The predicted octanol–water partition coefficient (Wildman–Crippen LogP) is 3.19. The van der Waals surface area contributed by atoms with Gasteiger partial charge in [0.1, 0.15) is 22.4 Å². The Labute approximate surface area is 192 Å². The molecular weight excluding hydrogens is 442 g/mol. The molecule has 1 unspecified atom stereocenters. The third-order valence-corrected chi connectivity index (χ3v) is 7.01. The van der Waals surface area contributed by atoms with E-state index in [4.69, 9.17) is 4.74 Å². The molecule has 3 aromatic carbocycles. The SMILES string of the molecule is Cc1ccc(Oc2ccccc2S(=O)(=O)N(Cc2ccccc2)CC2NC(=O)NC2=O)cc1. The average Bonchev–Trinajstić information content (AvgIpc) is 3.12. The summed E-state index contributed by atoms with van der Waals surface area (Å²) >= 11 is 0. The Morgan fingerprint density at radius 3 is 2.24 bits per heavy atom. The number of hydrogen-bond acceptors (Lipinski definition) is 5. The zero-order chi connectivity index (χ0) is 23.4. The van der Waals surface area contributed by atoms with Gasteiger partial charge in [-0.05, 0) is 36.8 Å². The van der Waals surface area contributed by atoms with Crippen LogP contribution in [0.3, 0.4) is 0 Å². The van der Waals surface area contributed by atoms with E-state index in [0.717, 1.165) is 11.1 Å². The highest BCUT2D eigenvalue weighted by Gasteiger charge is 2.36. The topological polar surface area (TPSA) is 105 Å². The van der Waals surface area contributed by atoms with Gasteiger partial charge in [-0.3, -0.25) is 10.1 Å². The number of rotatable bonds is 8. The van der Waals surface area contributed by atoms with E-state index in [1.54, 1.807) is 54.6 Å². The van der Waals surface area contributed by atoms with Crippen LogP contribution in [0.4, 0.5) is 4.79 Å². The van der Waals surface area contributed by atoms with Crippen molar-refractivity contribution < 1.29 is 22.7 Å². The number of benzene rings is 3. The Hall–Kier alpha value is -3.69. The second-order valence-corrected chi connectivity index (χ2v) is 9.57. The third-order valence-electron chi connectivity index (χ3n) is 5.16. The Kier molecular flexibility index (Phi) is 6.43. The fourth-order valence-corrected chi connectivity index (χ4v) is 5.00. The van der Waals surface area contributed by atoms with Crippen molar-refractivity contribution in [3.63, 3.8) is 0 Å². The highest BCUT2D eigenvalue weighted by Crippen LogP contribution is 2.31. The molecule has 0 bridgehead atoms. The van der Waals surface area contributed by atoms with Gasteiger partial charge in [0.2, 0.25) is 10.0 Å². The molecule has 0 radical (unpaired) electrons. The van der Waals surface area contributed by atoms with Gasteiger partial charge in [-0.15, -0.1) is 0 Å². The average molecular weight is 466 g/mol. The monoisotopic (exact) mass is 465 g/mol. The smallest absolute Gasteiger partial charge is 0.322 e. The van der Waals surface area contributed by atoms with Gasteiger partial charge < -0.3 is 10.1 Å². The summed E-state index contributed by atoms with van der Waals surface area (Å²) in [4.78, 5) is 23.7. The van der Waals surface area contributed by atoms with E-state index < -0.39 is 28.0 Å². The lowest BCUT2D eigenvalue weighted by atomic mass is 10.2. The van der Waals surface area contributed by atoms with Crippen molar-refractivity contribution in [1.82, 2.24) is 14.9 Å². The Balaban J connectivity index is 1.69. The van der Waals surface area contributed by atoms with Gasteiger partial charge in [0.15, 0.2) is 0 Å². The highest BCUT2D eigenvalue weighted by atomic mass is 32.2. The van der Waals surface area contributed by atoms with Crippen molar-refractivity contribution in [1.29, 1.82) is 0 Å². The molecule has 4 rings (SSSR count). The molecule has 170 valence electrons. The number of hydrogen-bond donors (Lipinski definition) is 2. The first-order chi connectivity index (χ1) is 15.8. The number of amides is 3. The normalized spacial score (nSPS) is 15.9. The van der Waals surface area contributed by atoms with E-state index >= 15 is 0 Å². The summed E-state index contributed by atoms with van der Waals surface area (Å²) in [6, 6.07) is 21.0. The maximum Gasteiger partial charge on any atom is 0.322 e. The minimum atomic E-state index is -4.11. The van der Waals surface area contributed by atoms with Crippen LogP contribution in [0.5, 0.6) is 11.5 Å². The van der Waals surface area contributed by atoms with E-state index in [0.29, 0.717) is 5.75 Å². The van der Waals surface area contributed by atoms with Crippen molar-refractivity contribution in [3.8, 4) is 11.5 Å². The summed E-state index contributed by atoms with van der Waals surface area (Å²) < 4.78 is 34.6. The molecule has 1 aliphatic rings. The van der Waals surface area contributed by atoms with Crippen molar-refractivity contribution in [2.45, 2.75) is 24.4 Å². The second kappa shape index (κ2) is 9.43. The highest BCUT2D eigenvalue weighted by molar-refractivity contribution is 7.89. The standard InChI is InChI=1S/C24H23N3O5S/c1-17-11-13-19(14-12-17)32-21-9-5-6-10-22(21)33(30,31)27(15-18-7-3-2-4-8-18)16-20-23(28)26-24(29)25-20/h2-14,20H,15-16H2,1H3,(H2,25,26,28,29). The summed E-state index contributed by atoms with van der Waals surface area (Å²) in [6.07, 6.45) is 0. The Morgan fingerprint density at radius 2 is 1.58 bits per heavy atom. The maximum atomic E-state index is 13.8. The molecule has 8 nitrogen and oxygen atoms in total. The number of carbonyl (C=O) groups is 2. The molecule has 1 aliphatic heterocycles. The zero-order valence-electron chi connectivity index (χ0n) is 17.9. The number of sulfonamides is 1. The van der Waals surface area contributed by atoms with Crippen LogP contribution < -0.4 is 15.4 Å². The molecule has 0 aliphatic carbocycles. The molecule has 3 amide bonds. The second-order valence-electron chi connectivity index (χ2n) is 7.66. The zero-order valence-corrected chi connectivity index (χ0v) is 18.7. The Bertz CT molecular complexity index is 1260. The predicted molar refractivity (Wildman–Crippen MR) is 122 cm³/mol. The number of nitrogens with one attached hydrogen (secondary N) is 2.